The first-order valence-corrected chi connectivity index (χ1v) is 10.9. The van der Waals surface area contributed by atoms with Crippen LogP contribution in [0.2, 0.25) is 0 Å². The third-order valence-corrected chi connectivity index (χ3v) is 5.86. The maximum atomic E-state index is 11.8. The van der Waals surface area contributed by atoms with Gasteiger partial charge in [-0.25, -0.2) is 0 Å². The zero-order valence-electron chi connectivity index (χ0n) is 17.3. The first-order valence-electron chi connectivity index (χ1n) is 9.20. The molecule has 0 amide bonds. The van der Waals surface area contributed by atoms with Crippen LogP contribution in [0, 0.1) is 11.3 Å². The van der Waals surface area contributed by atoms with Gasteiger partial charge in [0.1, 0.15) is 42.5 Å². The lowest BCUT2D eigenvalue weighted by Gasteiger charge is -2.43. The van der Waals surface area contributed by atoms with Crippen LogP contribution in [0.1, 0.15) is 26.3 Å². The molecule has 1 aliphatic heterocycles. The average Bonchev–Trinajstić information content (AvgIpc) is 2.70. The molecule has 0 spiro atoms. The molecule has 0 saturated carbocycles. The SMILES string of the molecule is CC(=O)OC[C@H]1O[C@H](Sc2cc(Br)ccc2C#N)[C@H](OC(C)=O)[C@@H](N=[N+]=[N-])[C@H]1OC(C)=O. The minimum absolute atomic E-state index is 0.307. The van der Waals surface area contributed by atoms with E-state index in [0.29, 0.717) is 14.9 Å². The number of carbonyl (C=O) groups excluding carboxylic acids is 3. The van der Waals surface area contributed by atoms with E-state index in [1.54, 1.807) is 18.2 Å². The zero-order valence-corrected chi connectivity index (χ0v) is 19.7. The van der Waals surface area contributed by atoms with Crippen molar-refractivity contribution in [3.8, 4) is 6.07 Å². The van der Waals surface area contributed by atoms with Gasteiger partial charge in [-0.15, -0.1) is 0 Å². The standard InChI is InChI=1S/C19H19BrN4O7S/c1-9(25)28-8-14-17(29-10(2)26)16(23-24-22)18(30-11(3)27)19(31-14)32-15-6-13(20)5-4-12(15)7-21/h4-6,14,16-19H,8H2,1-3H3/t14-,16+,17+,18-,19-/m1/s1. The number of rotatable bonds is 7. The summed E-state index contributed by atoms with van der Waals surface area (Å²) in [4.78, 5) is 38.1. The van der Waals surface area contributed by atoms with E-state index in [9.17, 15) is 19.6 Å². The molecule has 5 atom stereocenters. The predicted molar refractivity (Wildman–Crippen MR) is 114 cm³/mol. The molecule has 0 N–H and O–H groups in total. The van der Waals surface area contributed by atoms with Crippen molar-refractivity contribution in [2.45, 2.75) is 55.5 Å². The number of esters is 3. The van der Waals surface area contributed by atoms with Crippen LogP contribution in [0.15, 0.2) is 32.7 Å². The second-order valence-electron chi connectivity index (χ2n) is 6.56. The molecule has 1 aromatic rings. The number of benzene rings is 1. The van der Waals surface area contributed by atoms with Crippen LogP contribution in [0.5, 0.6) is 0 Å². The molecule has 0 unspecified atom stereocenters. The predicted octanol–water partition coefficient (Wildman–Crippen LogP) is 3.24. The number of nitrogens with zero attached hydrogens (tertiary/aromatic N) is 4. The molecule has 1 fully saturated rings. The summed E-state index contributed by atoms with van der Waals surface area (Å²) in [7, 11) is 0. The van der Waals surface area contributed by atoms with Crippen molar-refractivity contribution < 1.29 is 33.3 Å². The van der Waals surface area contributed by atoms with Gasteiger partial charge in [-0.3, -0.25) is 14.4 Å². The minimum atomic E-state index is -1.19. The number of thioether (sulfide) groups is 1. The minimum Gasteiger partial charge on any atom is -0.463 e. The van der Waals surface area contributed by atoms with Crippen LogP contribution < -0.4 is 0 Å². The van der Waals surface area contributed by atoms with Gasteiger partial charge in [0, 0.05) is 35.1 Å². The Kier molecular flexibility index (Phi) is 9.34. The fraction of sp³-hybridized carbons (Fsp3) is 0.474. The number of hydrogen-bond donors (Lipinski definition) is 0. The van der Waals surface area contributed by atoms with E-state index >= 15 is 0 Å². The van der Waals surface area contributed by atoms with Crippen molar-refractivity contribution in [1.82, 2.24) is 0 Å². The average molecular weight is 527 g/mol. The lowest BCUT2D eigenvalue weighted by molar-refractivity contribution is -0.201. The van der Waals surface area contributed by atoms with Crippen LogP contribution >= 0.6 is 27.7 Å². The van der Waals surface area contributed by atoms with Crippen LogP contribution in [0.4, 0.5) is 0 Å². The van der Waals surface area contributed by atoms with Crippen LogP contribution in [0.3, 0.4) is 0 Å². The third kappa shape index (κ3) is 6.86. The van der Waals surface area contributed by atoms with Crippen LogP contribution in [0.25, 0.3) is 10.4 Å². The van der Waals surface area contributed by atoms with Crippen molar-refractivity contribution in [3.63, 3.8) is 0 Å². The molecule has 32 heavy (non-hydrogen) atoms. The Morgan fingerprint density at radius 1 is 1.22 bits per heavy atom. The van der Waals surface area contributed by atoms with E-state index in [1.807, 2.05) is 0 Å². The lowest BCUT2D eigenvalue weighted by Crippen LogP contribution is -2.59. The van der Waals surface area contributed by atoms with Gasteiger partial charge in [-0.2, -0.15) is 5.26 Å². The maximum Gasteiger partial charge on any atom is 0.303 e. The van der Waals surface area contributed by atoms with E-state index in [1.165, 1.54) is 13.8 Å². The molecule has 1 heterocycles. The van der Waals surface area contributed by atoms with Crippen molar-refractivity contribution in [1.29, 1.82) is 5.26 Å². The highest BCUT2D eigenvalue weighted by Crippen LogP contribution is 2.39. The summed E-state index contributed by atoms with van der Waals surface area (Å²) in [5.41, 5.74) is 8.47. The van der Waals surface area contributed by atoms with Gasteiger partial charge >= 0.3 is 17.9 Å². The second-order valence-corrected chi connectivity index (χ2v) is 8.62. The van der Waals surface area contributed by atoms with E-state index in [0.717, 1.165) is 18.7 Å². The summed E-state index contributed by atoms with van der Waals surface area (Å²) in [6.07, 6.45) is -3.39. The summed E-state index contributed by atoms with van der Waals surface area (Å²) in [6, 6.07) is 5.85. The number of carbonyl (C=O) groups is 3. The first-order chi connectivity index (χ1) is 15.2. The zero-order chi connectivity index (χ0) is 23.8. The highest BCUT2D eigenvalue weighted by atomic mass is 79.9. The molecule has 13 heteroatoms. The van der Waals surface area contributed by atoms with E-state index < -0.39 is 47.7 Å². The molecule has 1 saturated heterocycles. The Morgan fingerprint density at radius 3 is 2.44 bits per heavy atom. The van der Waals surface area contributed by atoms with Crippen molar-refractivity contribution in [3.05, 3.63) is 38.7 Å². The van der Waals surface area contributed by atoms with E-state index in [4.69, 9.17) is 24.5 Å². The van der Waals surface area contributed by atoms with Crippen LogP contribution in [-0.4, -0.2) is 54.3 Å². The number of ether oxygens (including phenoxy) is 4. The Balaban J connectivity index is 2.51. The largest absolute Gasteiger partial charge is 0.463 e. The summed E-state index contributed by atoms with van der Waals surface area (Å²) in [6.45, 7) is 3.21. The summed E-state index contributed by atoms with van der Waals surface area (Å²) >= 11 is 4.39. The molecular weight excluding hydrogens is 508 g/mol. The molecule has 0 aliphatic carbocycles. The van der Waals surface area contributed by atoms with Gasteiger partial charge in [0.15, 0.2) is 0 Å². The molecule has 1 aliphatic rings. The van der Waals surface area contributed by atoms with Gasteiger partial charge in [-0.1, -0.05) is 32.8 Å². The molecule has 11 nitrogen and oxygen atoms in total. The normalized spacial score (nSPS) is 24.4. The molecule has 1 aromatic carbocycles. The van der Waals surface area contributed by atoms with Crippen molar-refractivity contribution in [2.24, 2.45) is 5.11 Å². The molecule has 0 radical (unpaired) electrons. The highest BCUT2D eigenvalue weighted by Gasteiger charge is 2.50. The summed E-state index contributed by atoms with van der Waals surface area (Å²) < 4.78 is 22.4. The van der Waals surface area contributed by atoms with Gasteiger partial charge in [0.25, 0.3) is 0 Å². The summed E-state index contributed by atoms with van der Waals surface area (Å²) in [5, 5.41) is 13.1. The van der Waals surface area contributed by atoms with E-state index in [-0.39, 0.29) is 6.61 Å². The van der Waals surface area contributed by atoms with Crippen LogP contribution in [-0.2, 0) is 33.3 Å². The number of halogens is 1. The monoisotopic (exact) mass is 526 g/mol. The second kappa shape index (κ2) is 11.7. The number of nitriles is 1. The fourth-order valence-electron chi connectivity index (χ4n) is 2.98. The lowest BCUT2D eigenvalue weighted by atomic mass is 9.97. The quantitative estimate of drug-likeness (QED) is 0.170. The Labute approximate surface area is 196 Å². The number of hydrogen-bond acceptors (Lipinski definition) is 10. The Hall–Kier alpha value is -2.78. The van der Waals surface area contributed by atoms with Gasteiger partial charge in [0.2, 0.25) is 0 Å². The Bertz CT molecular complexity index is 979. The third-order valence-electron chi connectivity index (χ3n) is 4.16. The fourth-order valence-corrected chi connectivity index (χ4v) is 4.73. The number of azide groups is 1. The molecule has 170 valence electrons. The highest BCUT2D eigenvalue weighted by molar-refractivity contribution is 9.10. The first kappa shape index (κ1) is 25.5. The van der Waals surface area contributed by atoms with Crippen molar-refractivity contribution >= 4 is 45.6 Å². The summed E-state index contributed by atoms with van der Waals surface area (Å²) in [5.74, 6) is -1.98. The Morgan fingerprint density at radius 2 is 1.88 bits per heavy atom. The van der Waals surface area contributed by atoms with Crippen molar-refractivity contribution in [2.75, 3.05) is 6.61 Å². The maximum absolute atomic E-state index is 11.8. The molecular formula is C19H19BrN4O7S. The molecule has 2 rings (SSSR count). The van der Waals surface area contributed by atoms with Gasteiger partial charge < -0.3 is 18.9 Å². The topological polar surface area (TPSA) is 161 Å². The smallest absolute Gasteiger partial charge is 0.303 e. The molecule has 0 aromatic heterocycles. The van der Waals surface area contributed by atoms with Gasteiger partial charge in [0.05, 0.1) is 5.56 Å². The van der Waals surface area contributed by atoms with Gasteiger partial charge in [-0.05, 0) is 23.7 Å². The molecule has 0 bridgehead atoms. The van der Waals surface area contributed by atoms with E-state index in [2.05, 4.69) is 32.0 Å².